The summed E-state index contributed by atoms with van der Waals surface area (Å²) >= 11 is 5.72. The van der Waals surface area contributed by atoms with Crippen LogP contribution in [0.1, 0.15) is 19.3 Å². The van der Waals surface area contributed by atoms with Crippen molar-refractivity contribution in [2.24, 2.45) is 0 Å². The van der Waals surface area contributed by atoms with E-state index in [1.54, 1.807) is 24.3 Å². The van der Waals surface area contributed by atoms with E-state index in [1.807, 2.05) is 0 Å². The number of benzene rings is 1. The fraction of sp³-hybridized carbons (Fsp3) is 0.500. The Hall–Kier alpha value is -0.920. The van der Waals surface area contributed by atoms with Crippen LogP contribution in [0.3, 0.4) is 0 Å². The number of halogens is 2. The molecule has 116 valence electrons. The summed E-state index contributed by atoms with van der Waals surface area (Å²) in [5.74, 6) is -2.40. The number of ether oxygens (including phenoxy) is 1. The summed E-state index contributed by atoms with van der Waals surface area (Å²) in [7, 11) is 0. The Morgan fingerprint density at radius 1 is 1.38 bits per heavy atom. The Morgan fingerprint density at radius 3 is 2.76 bits per heavy atom. The monoisotopic (exact) mass is 332 g/mol. The third-order valence-corrected chi connectivity index (χ3v) is 4.08. The van der Waals surface area contributed by atoms with Crippen molar-refractivity contribution < 1.29 is 13.5 Å². The van der Waals surface area contributed by atoms with Gasteiger partial charge in [0.25, 0.3) is 5.76 Å². The third-order valence-electron chi connectivity index (χ3n) is 3.11. The van der Waals surface area contributed by atoms with E-state index in [4.69, 9.17) is 17.0 Å². The van der Waals surface area contributed by atoms with Crippen LogP contribution in [0.2, 0.25) is 0 Å². The van der Waals surface area contributed by atoms with Crippen LogP contribution in [-0.2, 0) is 4.74 Å². The number of rotatable bonds is 6. The molecule has 7 heteroatoms. The molecule has 1 aromatic rings. The molecule has 0 bridgehead atoms. The van der Waals surface area contributed by atoms with Gasteiger partial charge in [-0.25, -0.2) is 0 Å². The highest BCUT2D eigenvalue weighted by atomic mass is 32.2. The molecule has 2 rings (SSSR count). The van der Waals surface area contributed by atoms with Crippen LogP contribution in [0.5, 0.6) is 0 Å². The van der Waals surface area contributed by atoms with Gasteiger partial charge in [-0.05, 0) is 55.7 Å². The smallest absolute Gasteiger partial charge is 0.288 e. The highest BCUT2D eigenvalue weighted by Crippen LogP contribution is 2.26. The van der Waals surface area contributed by atoms with Crippen molar-refractivity contribution in [2.45, 2.75) is 36.0 Å². The van der Waals surface area contributed by atoms with E-state index < -0.39 is 5.76 Å². The summed E-state index contributed by atoms with van der Waals surface area (Å²) in [6.45, 7) is 1.62. The molecule has 2 N–H and O–H groups in total. The van der Waals surface area contributed by atoms with Crippen LogP contribution in [0.4, 0.5) is 14.5 Å². The van der Waals surface area contributed by atoms with E-state index in [0.29, 0.717) is 27.9 Å². The van der Waals surface area contributed by atoms with Crippen LogP contribution in [-0.4, -0.2) is 30.1 Å². The summed E-state index contributed by atoms with van der Waals surface area (Å²) in [6, 6.07) is 6.76. The second kappa shape index (κ2) is 8.51. The highest BCUT2D eigenvalue weighted by Gasteiger charge is 2.14. The van der Waals surface area contributed by atoms with Crippen LogP contribution in [0.25, 0.3) is 0 Å². The number of thioether (sulfide) groups is 1. The fourth-order valence-corrected chi connectivity index (χ4v) is 2.83. The van der Waals surface area contributed by atoms with Gasteiger partial charge in [-0.3, -0.25) is 0 Å². The van der Waals surface area contributed by atoms with Crippen molar-refractivity contribution in [1.29, 1.82) is 0 Å². The zero-order valence-corrected chi connectivity index (χ0v) is 13.1. The molecular weight excluding hydrogens is 314 g/mol. The number of thiocarbonyl (C=S) groups is 1. The molecule has 21 heavy (non-hydrogen) atoms. The van der Waals surface area contributed by atoms with E-state index in [9.17, 15) is 8.78 Å². The van der Waals surface area contributed by atoms with Crippen LogP contribution < -0.4 is 10.6 Å². The van der Waals surface area contributed by atoms with Gasteiger partial charge in [-0.2, -0.15) is 8.78 Å². The Labute approximate surface area is 132 Å². The van der Waals surface area contributed by atoms with Crippen LogP contribution in [0.15, 0.2) is 29.2 Å². The summed E-state index contributed by atoms with van der Waals surface area (Å²) < 4.78 is 29.9. The lowest BCUT2D eigenvalue weighted by molar-refractivity contribution is 0.105. The molecule has 1 aliphatic rings. The minimum absolute atomic E-state index is 0.339. The predicted octanol–water partition coefficient (Wildman–Crippen LogP) is 3.86. The molecule has 0 saturated carbocycles. The molecule has 0 aliphatic carbocycles. The van der Waals surface area contributed by atoms with Crippen molar-refractivity contribution in [3.63, 3.8) is 0 Å². The maximum absolute atomic E-state index is 12.2. The lowest BCUT2D eigenvalue weighted by atomic mass is 10.2. The predicted molar refractivity (Wildman–Crippen MR) is 86.1 cm³/mol. The van der Waals surface area contributed by atoms with Gasteiger partial charge >= 0.3 is 0 Å². The van der Waals surface area contributed by atoms with Crippen molar-refractivity contribution >= 4 is 34.8 Å². The topological polar surface area (TPSA) is 33.3 Å². The molecule has 1 heterocycles. The number of hydrogen-bond donors (Lipinski definition) is 2. The van der Waals surface area contributed by atoms with Gasteiger partial charge in [0.05, 0.1) is 6.10 Å². The van der Waals surface area contributed by atoms with Gasteiger partial charge in [-0.1, -0.05) is 11.8 Å². The average Bonchev–Trinajstić information content (AvgIpc) is 2.93. The molecule has 0 aromatic heterocycles. The Balaban J connectivity index is 1.69. The molecule has 0 spiro atoms. The summed E-state index contributed by atoms with van der Waals surface area (Å²) in [4.78, 5) is 0.535. The van der Waals surface area contributed by atoms with Gasteiger partial charge in [0.1, 0.15) is 0 Å². The minimum Gasteiger partial charge on any atom is -0.378 e. The van der Waals surface area contributed by atoms with Gasteiger partial charge in [-0.15, -0.1) is 0 Å². The van der Waals surface area contributed by atoms with Crippen LogP contribution in [0, 0.1) is 0 Å². The molecule has 0 radical (unpaired) electrons. The van der Waals surface area contributed by atoms with Crippen LogP contribution >= 0.6 is 24.0 Å². The first-order chi connectivity index (χ1) is 10.1. The fourth-order valence-electron chi connectivity index (χ4n) is 2.11. The van der Waals surface area contributed by atoms with Gasteiger partial charge in [0, 0.05) is 23.7 Å². The summed E-state index contributed by atoms with van der Waals surface area (Å²) in [5.41, 5.74) is 0.781. The largest absolute Gasteiger partial charge is 0.378 e. The molecule has 0 amide bonds. The summed E-state index contributed by atoms with van der Waals surface area (Å²) in [5, 5.41) is 6.68. The molecule has 1 saturated heterocycles. The third kappa shape index (κ3) is 6.15. The van der Waals surface area contributed by atoms with E-state index in [-0.39, 0.29) is 0 Å². The van der Waals surface area contributed by atoms with Crippen molar-refractivity contribution in [2.75, 3.05) is 18.5 Å². The quantitative estimate of drug-likeness (QED) is 0.611. The first-order valence-corrected chi connectivity index (χ1v) is 8.13. The average molecular weight is 332 g/mol. The van der Waals surface area contributed by atoms with Gasteiger partial charge in [0.2, 0.25) is 0 Å². The van der Waals surface area contributed by atoms with Gasteiger partial charge < -0.3 is 15.4 Å². The standard InChI is InChI=1S/C14H18F2N2OS2/c15-13(16)21-12-5-3-10(4-6-12)18-14(20)17-8-7-11-2-1-9-19-11/h3-6,11,13H,1-2,7-9H2,(H2,17,18,20). The van der Waals surface area contributed by atoms with Gasteiger partial charge in [0.15, 0.2) is 5.11 Å². The molecule has 1 fully saturated rings. The number of anilines is 1. The minimum atomic E-state index is -2.40. The first kappa shape index (κ1) is 16.5. The number of hydrogen-bond acceptors (Lipinski definition) is 3. The number of alkyl halides is 2. The van der Waals surface area contributed by atoms with Crippen molar-refractivity contribution in [1.82, 2.24) is 5.32 Å². The zero-order chi connectivity index (χ0) is 15.1. The zero-order valence-electron chi connectivity index (χ0n) is 11.5. The van der Waals surface area contributed by atoms with Crippen molar-refractivity contribution in [3.8, 4) is 0 Å². The lowest BCUT2D eigenvalue weighted by Gasteiger charge is -2.13. The lowest BCUT2D eigenvalue weighted by Crippen LogP contribution is -2.30. The SMILES string of the molecule is FC(F)Sc1ccc(NC(=S)NCCC2CCCO2)cc1. The Morgan fingerprint density at radius 2 is 2.14 bits per heavy atom. The maximum atomic E-state index is 12.2. The second-order valence-electron chi connectivity index (χ2n) is 4.71. The second-order valence-corrected chi connectivity index (χ2v) is 6.18. The number of nitrogens with one attached hydrogen (secondary N) is 2. The first-order valence-electron chi connectivity index (χ1n) is 6.85. The van der Waals surface area contributed by atoms with E-state index in [2.05, 4.69) is 10.6 Å². The summed E-state index contributed by atoms with van der Waals surface area (Å²) in [6.07, 6.45) is 3.53. The maximum Gasteiger partial charge on any atom is 0.288 e. The molecule has 1 aliphatic heterocycles. The molecule has 1 unspecified atom stereocenters. The normalized spacial score (nSPS) is 18.0. The Bertz CT molecular complexity index is 451. The molecule has 1 atom stereocenters. The molecule has 3 nitrogen and oxygen atoms in total. The van der Waals surface area contributed by atoms with E-state index in [1.165, 1.54) is 0 Å². The Kier molecular flexibility index (Phi) is 6.66. The van der Waals surface area contributed by atoms with Crippen molar-refractivity contribution in [3.05, 3.63) is 24.3 Å². The molecule has 1 aromatic carbocycles. The van der Waals surface area contributed by atoms with E-state index >= 15 is 0 Å². The molecular formula is C14H18F2N2OS2. The van der Waals surface area contributed by atoms with E-state index in [0.717, 1.165) is 38.1 Å². The highest BCUT2D eigenvalue weighted by molar-refractivity contribution is 7.99.